The number of nitrogens with one attached hydrogen (secondary N) is 1. The predicted octanol–water partition coefficient (Wildman–Crippen LogP) is 2.70. The minimum absolute atomic E-state index is 0.140. The SMILES string of the molecule is CCn1nc(C(C)C)cc1C(=O)NCCc1ccc(C(=O)O)cc1. The van der Waals surface area contributed by atoms with E-state index >= 15 is 0 Å². The van der Waals surface area contributed by atoms with Crippen LogP contribution in [0.2, 0.25) is 0 Å². The van der Waals surface area contributed by atoms with E-state index in [0.717, 1.165) is 11.3 Å². The van der Waals surface area contributed by atoms with Crippen molar-refractivity contribution < 1.29 is 14.7 Å². The molecule has 0 saturated carbocycles. The number of aromatic carboxylic acids is 1. The second-order valence-electron chi connectivity index (χ2n) is 5.93. The van der Waals surface area contributed by atoms with E-state index in [1.807, 2.05) is 26.8 Å². The molecule has 1 aromatic carbocycles. The lowest BCUT2D eigenvalue weighted by atomic mass is 10.1. The highest BCUT2D eigenvalue weighted by atomic mass is 16.4. The Morgan fingerprint density at radius 2 is 1.92 bits per heavy atom. The van der Waals surface area contributed by atoms with Gasteiger partial charge < -0.3 is 10.4 Å². The number of aromatic nitrogens is 2. The zero-order chi connectivity index (χ0) is 17.7. The number of hydrogen-bond donors (Lipinski definition) is 2. The summed E-state index contributed by atoms with van der Waals surface area (Å²) in [6.07, 6.45) is 0.642. The lowest BCUT2D eigenvalue weighted by Gasteiger charge is -2.07. The molecule has 24 heavy (non-hydrogen) atoms. The van der Waals surface area contributed by atoms with Crippen molar-refractivity contribution in [1.29, 1.82) is 0 Å². The van der Waals surface area contributed by atoms with Crippen LogP contribution in [0, 0.1) is 0 Å². The van der Waals surface area contributed by atoms with Gasteiger partial charge in [0.1, 0.15) is 5.69 Å². The van der Waals surface area contributed by atoms with Crippen LogP contribution in [0.25, 0.3) is 0 Å². The van der Waals surface area contributed by atoms with E-state index in [1.165, 1.54) is 0 Å². The average Bonchev–Trinajstić information content (AvgIpc) is 3.00. The van der Waals surface area contributed by atoms with Gasteiger partial charge in [0.2, 0.25) is 0 Å². The fraction of sp³-hybridized carbons (Fsp3) is 0.389. The number of carboxylic acids is 1. The number of rotatable bonds is 7. The lowest BCUT2D eigenvalue weighted by Crippen LogP contribution is -2.28. The van der Waals surface area contributed by atoms with Crippen molar-refractivity contribution in [1.82, 2.24) is 15.1 Å². The monoisotopic (exact) mass is 329 g/mol. The predicted molar refractivity (Wildman–Crippen MR) is 91.4 cm³/mol. The van der Waals surface area contributed by atoms with Gasteiger partial charge in [-0.1, -0.05) is 26.0 Å². The molecule has 0 unspecified atom stereocenters. The first-order valence-electron chi connectivity index (χ1n) is 8.10. The van der Waals surface area contributed by atoms with Gasteiger partial charge in [-0.15, -0.1) is 0 Å². The van der Waals surface area contributed by atoms with Crippen molar-refractivity contribution in [3.05, 3.63) is 52.8 Å². The molecule has 0 spiro atoms. The molecule has 128 valence electrons. The van der Waals surface area contributed by atoms with E-state index in [0.29, 0.717) is 25.2 Å². The number of aryl methyl sites for hydroxylation is 1. The molecule has 6 heteroatoms. The van der Waals surface area contributed by atoms with Gasteiger partial charge >= 0.3 is 5.97 Å². The van der Waals surface area contributed by atoms with Crippen LogP contribution in [0.4, 0.5) is 0 Å². The van der Waals surface area contributed by atoms with Gasteiger partial charge in [-0.05, 0) is 43.0 Å². The topological polar surface area (TPSA) is 84.2 Å². The molecule has 0 saturated heterocycles. The highest BCUT2D eigenvalue weighted by Crippen LogP contribution is 2.14. The summed E-state index contributed by atoms with van der Waals surface area (Å²) in [5, 5.41) is 16.2. The molecule has 1 aromatic heterocycles. The van der Waals surface area contributed by atoms with Crippen LogP contribution in [0.15, 0.2) is 30.3 Å². The maximum atomic E-state index is 12.3. The van der Waals surface area contributed by atoms with Gasteiger partial charge in [0, 0.05) is 13.1 Å². The van der Waals surface area contributed by atoms with E-state index < -0.39 is 5.97 Å². The van der Waals surface area contributed by atoms with Crippen molar-refractivity contribution in [3.8, 4) is 0 Å². The van der Waals surface area contributed by atoms with Crippen molar-refractivity contribution in [2.75, 3.05) is 6.54 Å². The van der Waals surface area contributed by atoms with Crippen LogP contribution in [0.1, 0.15) is 58.8 Å². The van der Waals surface area contributed by atoms with E-state index in [1.54, 1.807) is 28.9 Å². The lowest BCUT2D eigenvalue weighted by molar-refractivity contribution is 0.0696. The zero-order valence-corrected chi connectivity index (χ0v) is 14.2. The fourth-order valence-corrected chi connectivity index (χ4v) is 2.37. The van der Waals surface area contributed by atoms with E-state index in [9.17, 15) is 9.59 Å². The summed E-state index contributed by atoms with van der Waals surface area (Å²) in [5.74, 6) is -0.806. The quantitative estimate of drug-likeness (QED) is 0.818. The van der Waals surface area contributed by atoms with E-state index in [4.69, 9.17) is 5.11 Å². The maximum Gasteiger partial charge on any atom is 0.335 e. The second-order valence-corrected chi connectivity index (χ2v) is 5.93. The molecular weight excluding hydrogens is 306 g/mol. The number of amides is 1. The number of carbonyl (C=O) groups excluding carboxylic acids is 1. The van der Waals surface area contributed by atoms with Crippen LogP contribution in [-0.2, 0) is 13.0 Å². The van der Waals surface area contributed by atoms with Crippen molar-refractivity contribution in [2.24, 2.45) is 0 Å². The third-order valence-electron chi connectivity index (χ3n) is 3.82. The van der Waals surface area contributed by atoms with E-state index in [-0.39, 0.29) is 17.4 Å². The first-order valence-corrected chi connectivity index (χ1v) is 8.10. The molecule has 1 heterocycles. The summed E-state index contributed by atoms with van der Waals surface area (Å²) in [6.45, 7) is 7.18. The van der Waals surface area contributed by atoms with E-state index in [2.05, 4.69) is 10.4 Å². The third-order valence-corrected chi connectivity index (χ3v) is 3.82. The Morgan fingerprint density at radius 1 is 1.25 bits per heavy atom. The van der Waals surface area contributed by atoms with Crippen molar-refractivity contribution in [2.45, 2.75) is 39.7 Å². The summed E-state index contributed by atoms with van der Waals surface area (Å²) >= 11 is 0. The molecule has 0 aliphatic heterocycles. The molecule has 1 amide bonds. The Bertz CT molecular complexity index is 718. The average molecular weight is 329 g/mol. The highest BCUT2D eigenvalue weighted by Gasteiger charge is 2.15. The normalized spacial score (nSPS) is 10.8. The second kappa shape index (κ2) is 7.77. The van der Waals surface area contributed by atoms with Gasteiger partial charge in [0.15, 0.2) is 0 Å². The molecular formula is C18H23N3O3. The molecule has 0 aliphatic rings. The summed E-state index contributed by atoms with van der Waals surface area (Å²) < 4.78 is 1.71. The number of carboxylic acid groups (broad SMARTS) is 1. The molecule has 0 bridgehead atoms. The van der Waals surface area contributed by atoms with Gasteiger partial charge in [-0.3, -0.25) is 9.48 Å². The molecule has 6 nitrogen and oxygen atoms in total. The number of nitrogens with zero attached hydrogens (tertiary/aromatic N) is 2. The molecule has 2 aromatic rings. The first kappa shape index (κ1) is 17.7. The Morgan fingerprint density at radius 3 is 2.46 bits per heavy atom. The van der Waals surface area contributed by atoms with Gasteiger partial charge in [0.25, 0.3) is 5.91 Å². The number of hydrogen-bond acceptors (Lipinski definition) is 3. The molecule has 0 radical (unpaired) electrons. The Kier molecular flexibility index (Phi) is 5.73. The molecule has 0 atom stereocenters. The van der Waals surface area contributed by atoms with Crippen LogP contribution >= 0.6 is 0 Å². The Balaban J connectivity index is 1.94. The summed E-state index contributed by atoms with van der Waals surface area (Å²) in [5.41, 5.74) is 2.72. The summed E-state index contributed by atoms with van der Waals surface area (Å²) in [7, 11) is 0. The Labute approximate surface area is 141 Å². The third kappa shape index (κ3) is 4.22. The number of carbonyl (C=O) groups is 2. The minimum atomic E-state index is -0.941. The van der Waals surface area contributed by atoms with Crippen LogP contribution in [0.3, 0.4) is 0 Å². The standard InChI is InChI=1S/C18H23N3O3/c1-4-21-16(11-15(20-21)12(2)3)17(22)19-10-9-13-5-7-14(8-6-13)18(23)24/h5-8,11-12H,4,9-10H2,1-3H3,(H,19,22)(H,23,24). The smallest absolute Gasteiger partial charge is 0.335 e. The van der Waals surface area contributed by atoms with Crippen LogP contribution < -0.4 is 5.32 Å². The molecule has 2 rings (SSSR count). The molecule has 2 N–H and O–H groups in total. The van der Waals surface area contributed by atoms with Crippen LogP contribution in [-0.4, -0.2) is 33.3 Å². The van der Waals surface area contributed by atoms with Gasteiger partial charge in [0.05, 0.1) is 11.3 Å². The molecule has 0 aliphatic carbocycles. The van der Waals surface area contributed by atoms with Crippen LogP contribution in [0.5, 0.6) is 0 Å². The fourth-order valence-electron chi connectivity index (χ4n) is 2.37. The first-order chi connectivity index (χ1) is 11.4. The van der Waals surface area contributed by atoms with Gasteiger partial charge in [-0.2, -0.15) is 5.10 Å². The minimum Gasteiger partial charge on any atom is -0.478 e. The highest BCUT2D eigenvalue weighted by molar-refractivity contribution is 5.92. The van der Waals surface area contributed by atoms with Gasteiger partial charge in [-0.25, -0.2) is 4.79 Å². The summed E-state index contributed by atoms with van der Waals surface area (Å²) in [4.78, 5) is 23.2. The zero-order valence-electron chi connectivity index (χ0n) is 14.2. The Hall–Kier alpha value is -2.63. The largest absolute Gasteiger partial charge is 0.478 e. The summed E-state index contributed by atoms with van der Waals surface area (Å²) in [6, 6.07) is 8.51. The maximum absolute atomic E-state index is 12.3. The number of benzene rings is 1. The molecule has 0 fully saturated rings. The van der Waals surface area contributed by atoms with Crippen molar-refractivity contribution >= 4 is 11.9 Å². The van der Waals surface area contributed by atoms with Crippen molar-refractivity contribution in [3.63, 3.8) is 0 Å².